The van der Waals surface area contributed by atoms with Crippen LogP contribution in [-0.2, 0) is 9.53 Å². The number of aliphatic imine (C=N–C) groups is 1. The molecule has 0 N–H and O–H groups in total. The maximum Gasteiger partial charge on any atom is 0.363 e. The van der Waals surface area contributed by atoms with Crippen LogP contribution in [0.3, 0.4) is 0 Å². The summed E-state index contributed by atoms with van der Waals surface area (Å²) in [5.41, 5.74) is 1.33. The van der Waals surface area contributed by atoms with Crippen LogP contribution in [0.4, 0.5) is 11.4 Å². The number of nitro benzene ring substituents is 2. The van der Waals surface area contributed by atoms with Crippen LogP contribution in [0.5, 0.6) is 11.5 Å². The zero-order chi connectivity index (χ0) is 23.5. The number of rotatable bonds is 6. The standard InChI is InChI=1S/C23H15N3O7/c1-14-4-2-6-16(10-14)22-24-19(23(27)33-22)12-15-5-3-7-18(11-15)32-21-9-8-17(25(28)29)13-20(21)26(30)31/h2-13H,1H3/b19-12+. The Bertz CT molecular complexity index is 1360. The molecule has 10 nitrogen and oxygen atoms in total. The van der Waals surface area contributed by atoms with Crippen LogP contribution in [0.25, 0.3) is 6.08 Å². The first-order valence-corrected chi connectivity index (χ1v) is 9.60. The normalized spacial score (nSPS) is 14.0. The minimum atomic E-state index is -0.760. The van der Waals surface area contributed by atoms with Crippen molar-refractivity contribution in [2.24, 2.45) is 4.99 Å². The molecule has 33 heavy (non-hydrogen) atoms. The minimum Gasteiger partial charge on any atom is -0.450 e. The van der Waals surface area contributed by atoms with Crippen LogP contribution < -0.4 is 4.74 Å². The zero-order valence-electron chi connectivity index (χ0n) is 17.1. The van der Waals surface area contributed by atoms with E-state index in [1.165, 1.54) is 6.08 Å². The summed E-state index contributed by atoms with van der Waals surface area (Å²) in [5.74, 6) is -0.335. The van der Waals surface area contributed by atoms with Gasteiger partial charge >= 0.3 is 11.7 Å². The quantitative estimate of drug-likeness (QED) is 0.227. The number of benzene rings is 3. The Hall–Kier alpha value is -4.86. The van der Waals surface area contributed by atoms with E-state index in [1.54, 1.807) is 30.3 Å². The molecule has 0 fully saturated rings. The van der Waals surface area contributed by atoms with Crippen LogP contribution in [-0.4, -0.2) is 21.7 Å². The van der Waals surface area contributed by atoms with Crippen molar-refractivity contribution in [3.8, 4) is 11.5 Å². The molecule has 0 amide bonds. The highest BCUT2D eigenvalue weighted by molar-refractivity contribution is 6.12. The SMILES string of the molecule is Cc1cccc(C2=N/C(=C/c3cccc(Oc4ccc([N+](=O)[O-])cc4[N+](=O)[O-])c3)C(=O)O2)c1. The average molecular weight is 445 g/mol. The summed E-state index contributed by atoms with van der Waals surface area (Å²) >= 11 is 0. The molecule has 3 aromatic carbocycles. The fourth-order valence-electron chi connectivity index (χ4n) is 3.11. The number of cyclic esters (lactones) is 1. The number of hydrogen-bond acceptors (Lipinski definition) is 8. The molecular formula is C23H15N3O7. The van der Waals surface area contributed by atoms with Gasteiger partial charge in [0.15, 0.2) is 5.70 Å². The van der Waals surface area contributed by atoms with E-state index >= 15 is 0 Å². The fourth-order valence-corrected chi connectivity index (χ4v) is 3.11. The van der Waals surface area contributed by atoms with E-state index < -0.39 is 27.2 Å². The lowest BCUT2D eigenvalue weighted by molar-refractivity contribution is -0.394. The van der Waals surface area contributed by atoms with Crippen LogP contribution in [0.1, 0.15) is 16.7 Å². The number of non-ortho nitro benzene ring substituents is 1. The van der Waals surface area contributed by atoms with Crippen molar-refractivity contribution >= 4 is 29.3 Å². The number of ether oxygens (including phenoxy) is 2. The van der Waals surface area contributed by atoms with Crippen molar-refractivity contribution in [2.75, 3.05) is 0 Å². The number of aryl methyl sites for hydroxylation is 1. The van der Waals surface area contributed by atoms with Gasteiger partial charge in [0.1, 0.15) is 5.75 Å². The second-order valence-corrected chi connectivity index (χ2v) is 7.05. The van der Waals surface area contributed by atoms with E-state index in [9.17, 15) is 25.0 Å². The molecule has 164 valence electrons. The van der Waals surface area contributed by atoms with Gasteiger partial charge in [0.05, 0.1) is 15.9 Å². The van der Waals surface area contributed by atoms with E-state index in [-0.39, 0.29) is 23.1 Å². The summed E-state index contributed by atoms with van der Waals surface area (Å²) < 4.78 is 10.9. The largest absolute Gasteiger partial charge is 0.450 e. The van der Waals surface area contributed by atoms with Gasteiger partial charge in [0.2, 0.25) is 11.6 Å². The van der Waals surface area contributed by atoms with Gasteiger partial charge in [-0.15, -0.1) is 0 Å². The molecular weight excluding hydrogens is 430 g/mol. The molecule has 0 bridgehead atoms. The number of nitrogens with zero attached hydrogens (tertiary/aromatic N) is 3. The van der Waals surface area contributed by atoms with Gasteiger partial charge in [0, 0.05) is 11.6 Å². The van der Waals surface area contributed by atoms with Gasteiger partial charge in [0.25, 0.3) is 5.69 Å². The van der Waals surface area contributed by atoms with Crippen LogP contribution in [0.2, 0.25) is 0 Å². The molecule has 3 aromatic rings. The summed E-state index contributed by atoms with van der Waals surface area (Å²) in [6, 6.07) is 16.9. The Morgan fingerprint density at radius 2 is 1.76 bits per heavy atom. The molecule has 0 aromatic heterocycles. The molecule has 1 aliphatic rings. The summed E-state index contributed by atoms with van der Waals surface area (Å²) in [6.45, 7) is 1.92. The highest BCUT2D eigenvalue weighted by atomic mass is 16.6. The minimum absolute atomic E-state index is 0.0879. The van der Waals surface area contributed by atoms with Gasteiger partial charge in [-0.25, -0.2) is 9.79 Å². The Labute approximate surface area is 186 Å². The molecule has 0 saturated heterocycles. The van der Waals surface area contributed by atoms with Crippen molar-refractivity contribution in [1.29, 1.82) is 0 Å². The van der Waals surface area contributed by atoms with E-state index in [2.05, 4.69) is 4.99 Å². The number of carbonyl (C=O) groups excluding carboxylic acids is 1. The van der Waals surface area contributed by atoms with E-state index in [4.69, 9.17) is 9.47 Å². The monoisotopic (exact) mass is 445 g/mol. The van der Waals surface area contributed by atoms with E-state index in [0.717, 1.165) is 23.8 Å². The van der Waals surface area contributed by atoms with E-state index in [1.807, 2.05) is 25.1 Å². The number of carbonyl (C=O) groups is 1. The summed E-state index contributed by atoms with van der Waals surface area (Å²) in [4.78, 5) is 37.3. The van der Waals surface area contributed by atoms with Crippen LogP contribution >= 0.6 is 0 Å². The van der Waals surface area contributed by atoms with Crippen molar-refractivity contribution in [1.82, 2.24) is 0 Å². The molecule has 0 spiro atoms. The molecule has 0 saturated carbocycles. The van der Waals surface area contributed by atoms with Gasteiger partial charge in [-0.2, -0.15) is 0 Å². The molecule has 1 heterocycles. The van der Waals surface area contributed by atoms with Gasteiger partial charge < -0.3 is 9.47 Å². The second kappa shape index (κ2) is 8.71. The lowest BCUT2D eigenvalue weighted by Gasteiger charge is -2.07. The molecule has 1 aliphatic heterocycles. The molecule has 4 rings (SSSR count). The lowest BCUT2D eigenvalue weighted by Crippen LogP contribution is -2.05. The van der Waals surface area contributed by atoms with Crippen molar-refractivity contribution in [3.05, 3.63) is 109 Å². The number of hydrogen-bond donors (Lipinski definition) is 0. The molecule has 0 unspecified atom stereocenters. The van der Waals surface area contributed by atoms with E-state index in [0.29, 0.717) is 11.1 Å². The molecule has 10 heteroatoms. The highest BCUT2D eigenvalue weighted by Gasteiger charge is 2.24. The first-order chi connectivity index (χ1) is 15.8. The Kier molecular flexibility index (Phi) is 5.64. The Balaban J connectivity index is 1.61. The maximum absolute atomic E-state index is 12.3. The average Bonchev–Trinajstić information content (AvgIpc) is 3.14. The predicted molar refractivity (Wildman–Crippen MR) is 118 cm³/mol. The maximum atomic E-state index is 12.3. The zero-order valence-corrected chi connectivity index (χ0v) is 17.1. The van der Waals surface area contributed by atoms with Gasteiger partial charge in [-0.05, 0) is 48.9 Å². The topological polar surface area (TPSA) is 134 Å². The smallest absolute Gasteiger partial charge is 0.363 e. The molecule has 0 aliphatic carbocycles. The lowest BCUT2D eigenvalue weighted by atomic mass is 10.1. The third kappa shape index (κ3) is 4.74. The number of esters is 1. The highest BCUT2D eigenvalue weighted by Crippen LogP contribution is 2.34. The first kappa shape index (κ1) is 21.4. The Morgan fingerprint density at radius 3 is 2.48 bits per heavy atom. The molecule has 0 radical (unpaired) electrons. The first-order valence-electron chi connectivity index (χ1n) is 9.60. The summed E-state index contributed by atoms with van der Waals surface area (Å²) in [5, 5.41) is 22.2. The summed E-state index contributed by atoms with van der Waals surface area (Å²) in [7, 11) is 0. The Morgan fingerprint density at radius 1 is 0.970 bits per heavy atom. The third-order valence-corrected chi connectivity index (χ3v) is 4.62. The van der Waals surface area contributed by atoms with Gasteiger partial charge in [-0.3, -0.25) is 20.2 Å². The molecule has 0 atom stereocenters. The summed E-state index contributed by atoms with van der Waals surface area (Å²) in [6.07, 6.45) is 1.50. The van der Waals surface area contributed by atoms with Crippen molar-refractivity contribution in [3.63, 3.8) is 0 Å². The van der Waals surface area contributed by atoms with Crippen molar-refractivity contribution in [2.45, 2.75) is 6.92 Å². The van der Waals surface area contributed by atoms with Crippen LogP contribution in [0.15, 0.2) is 77.4 Å². The fraction of sp³-hybridized carbons (Fsp3) is 0.0435. The third-order valence-electron chi connectivity index (χ3n) is 4.62. The van der Waals surface area contributed by atoms with Gasteiger partial charge in [-0.1, -0.05) is 29.8 Å². The number of nitro groups is 2. The van der Waals surface area contributed by atoms with Crippen LogP contribution in [0, 0.1) is 27.2 Å². The second-order valence-electron chi connectivity index (χ2n) is 7.05. The van der Waals surface area contributed by atoms with Crippen molar-refractivity contribution < 1.29 is 24.1 Å². The predicted octanol–water partition coefficient (Wildman–Crippen LogP) is 4.95.